The molecule has 3 aromatic carbocycles. The van der Waals surface area contributed by atoms with Crippen LogP contribution in [0.15, 0.2) is 77.7 Å². The number of nitrogens with one attached hydrogen (secondary N) is 1. The van der Waals surface area contributed by atoms with Gasteiger partial charge in [-0.3, -0.25) is 0 Å². The van der Waals surface area contributed by atoms with Gasteiger partial charge >= 0.3 is 6.03 Å². The molecule has 7 heteroatoms. The number of nitrogens with zero attached hydrogens (tertiary/aromatic N) is 1. The minimum absolute atomic E-state index is 0.189. The number of ether oxygens (including phenoxy) is 1. The van der Waals surface area contributed by atoms with Gasteiger partial charge in [0.05, 0.1) is 16.8 Å². The van der Waals surface area contributed by atoms with Gasteiger partial charge in [-0.15, -0.1) is 0 Å². The monoisotopic (exact) mass is 492 g/mol. The molecule has 0 atom stereocenters. The number of anilines is 1. The second-order valence-corrected chi connectivity index (χ2v) is 11.1. The molecule has 1 heterocycles. The molecule has 3 aromatic rings. The smallest absolute Gasteiger partial charge is 0.321 e. The minimum Gasteiger partial charge on any atom is -0.380 e. The van der Waals surface area contributed by atoms with E-state index in [2.05, 4.69) is 12.2 Å². The Balaban J connectivity index is 1.35. The van der Waals surface area contributed by atoms with Crippen LogP contribution in [0.1, 0.15) is 30.9 Å². The number of sulfone groups is 1. The first-order valence-electron chi connectivity index (χ1n) is 12.0. The van der Waals surface area contributed by atoms with E-state index in [0.29, 0.717) is 37.4 Å². The Morgan fingerprint density at radius 1 is 0.886 bits per heavy atom. The molecule has 1 N–H and O–H groups in total. The van der Waals surface area contributed by atoms with Gasteiger partial charge in [-0.25, -0.2) is 13.2 Å². The number of urea groups is 1. The first kappa shape index (κ1) is 24.9. The van der Waals surface area contributed by atoms with Crippen LogP contribution in [0, 0.1) is 0 Å². The van der Waals surface area contributed by atoms with Gasteiger partial charge in [0.25, 0.3) is 0 Å². The molecule has 0 spiro atoms. The van der Waals surface area contributed by atoms with Crippen molar-refractivity contribution >= 4 is 21.6 Å². The van der Waals surface area contributed by atoms with Gasteiger partial charge in [0.15, 0.2) is 9.84 Å². The summed E-state index contributed by atoms with van der Waals surface area (Å²) in [6.07, 6.45) is 1.79. The van der Waals surface area contributed by atoms with E-state index in [9.17, 15) is 13.2 Å². The highest BCUT2D eigenvalue weighted by molar-refractivity contribution is 7.92. The van der Waals surface area contributed by atoms with Gasteiger partial charge in [-0.2, -0.15) is 0 Å². The fraction of sp³-hybridized carbons (Fsp3) is 0.321. The number of carbonyl (C=O) groups excluding carboxylic acids is 1. The van der Waals surface area contributed by atoms with Gasteiger partial charge in [0.2, 0.25) is 0 Å². The summed E-state index contributed by atoms with van der Waals surface area (Å²) in [6, 6.07) is 22.7. The second-order valence-electron chi connectivity index (χ2n) is 8.87. The highest BCUT2D eigenvalue weighted by Gasteiger charge is 2.32. The second kappa shape index (κ2) is 11.1. The van der Waals surface area contributed by atoms with Crippen LogP contribution in [0.4, 0.5) is 10.5 Å². The molecule has 2 amide bonds. The van der Waals surface area contributed by atoms with Crippen LogP contribution in [0.25, 0.3) is 11.1 Å². The van der Waals surface area contributed by atoms with Crippen molar-refractivity contribution in [1.29, 1.82) is 0 Å². The van der Waals surface area contributed by atoms with Gasteiger partial charge in [0.1, 0.15) is 0 Å². The Bertz CT molecular complexity index is 1230. The number of benzene rings is 3. The molecule has 1 saturated heterocycles. The quantitative estimate of drug-likeness (QED) is 0.470. The van der Waals surface area contributed by atoms with Crippen molar-refractivity contribution in [3.05, 3.63) is 83.9 Å². The Hall–Kier alpha value is -3.16. The van der Waals surface area contributed by atoms with E-state index < -0.39 is 15.1 Å². The van der Waals surface area contributed by atoms with Crippen LogP contribution < -0.4 is 5.32 Å². The number of rotatable bonds is 7. The largest absolute Gasteiger partial charge is 0.380 e. The lowest BCUT2D eigenvalue weighted by Crippen LogP contribution is -2.44. The molecule has 184 valence electrons. The van der Waals surface area contributed by atoms with Crippen LogP contribution in [0.3, 0.4) is 0 Å². The lowest BCUT2D eigenvalue weighted by molar-refractivity contribution is 0.185. The van der Waals surface area contributed by atoms with E-state index in [0.717, 1.165) is 28.8 Å². The number of piperidine rings is 1. The first-order valence-corrected chi connectivity index (χ1v) is 13.5. The van der Waals surface area contributed by atoms with Crippen molar-refractivity contribution in [3.63, 3.8) is 0 Å². The summed E-state index contributed by atoms with van der Waals surface area (Å²) in [6.45, 7) is 3.47. The lowest BCUT2D eigenvalue weighted by atomic mass is 10.0. The van der Waals surface area contributed by atoms with Crippen molar-refractivity contribution in [1.82, 2.24) is 4.90 Å². The van der Waals surface area contributed by atoms with E-state index in [-0.39, 0.29) is 6.03 Å². The fourth-order valence-electron chi connectivity index (χ4n) is 4.39. The topological polar surface area (TPSA) is 75.7 Å². The van der Waals surface area contributed by atoms with Crippen molar-refractivity contribution in [2.24, 2.45) is 0 Å². The SMILES string of the molecule is CCc1ccc(NC(=O)N2CCC(S(=O)(=O)c3ccc(-c4ccc(COC)cc4)cc3)CC2)cc1. The number of hydrogen-bond acceptors (Lipinski definition) is 4. The number of methoxy groups -OCH3 is 1. The number of aryl methyl sites for hydroxylation is 1. The Kier molecular flexibility index (Phi) is 7.88. The van der Waals surface area contributed by atoms with E-state index in [1.807, 2.05) is 60.7 Å². The third-order valence-corrected chi connectivity index (χ3v) is 8.84. The van der Waals surface area contributed by atoms with E-state index in [1.165, 1.54) is 5.56 Å². The van der Waals surface area contributed by atoms with Crippen LogP contribution in [-0.4, -0.2) is 44.8 Å². The molecule has 0 unspecified atom stereocenters. The standard InChI is InChI=1S/C28H32N2O4S/c1-3-21-6-12-25(13-7-21)29-28(31)30-18-16-27(17-19-30)35(32,33)26-14-10-24(11-15-26)23-8-4-22(5-9-23)20-34-2/h4-15,27H,3,16-20H2,1-2H3,(H,29,31). The molecule has 1 fully saturated rings. The summed E-state index contributed by atoms with van der Waals surface area (Å²) in [4.78, 5) is 14.7. The van der Waals surface area contributed by atoms with Gasteiger partial charge in [0, 0.05) is 25.9 Å². The van der Waals surface area contributed by atoms with Crippen LogP contribution in [0.5, 0.6) is 0 Å². The molecule has 1 aliphatic rings. The van der Waals surface area contributed by atoms with Crippen molar-refractivity contribution in [2.75, 3.05) is 25.5 Å². The number of carbonyl (C=O) groups is 1. The molecule has 0 bridgehead atoms. The fourth-order valence-corrected chi connectivity index (χ4v) is 6.12. The van der Waals surface area contributed by atoms with E-state index in [4.69, 9.17) is 4.74 Å². The Morgan fingerprint density at radius 3 is 1.97 bits per heavy atom. The van der Waals surface area contributed by atoms with Crippen LogP contribution in [0.2, 0.25) is 0 Å². The van der Waals surface area contributed by atoms with E-state index in [1.54, 1.807) is 24.1 Å². The highest BCUT2D eigenvalue weighted by Crippen LogP contribution is 2.28. The van der Waals surface area contributed by atoms with Crippen molar-refractivity contribution < 1.29 is 17.9 Å². The molecule has 6 nitrogen and oxygen atoms in total. The maximum atomic E-state index is 13.2. The lowest BCUT2D eigenvalue weighted by Gasteiger charge is -2.31. The average molecular weight is 493 g/mol. The third kappa shape index (κ3) is 5.92. The van der Waals surface area contributed by atoms with Gasteiger partial charge in [-0.05, 0) is 65.8 Å². The van der Waals surface area contributed by atoms with Gasteiger partial charge < -0.3 is 15.0 Å². The van der Waals surface area contributed by atoms with E-state index >= 15 is 0 Å². The molecule has 0 aromatic heterocycles. The average Bonchev–Trinajstić information content (AvgIpc) is 2.90. The number of hydrogen-bond donors (Lipinski definition) is 1. The summed E-state index contributed by atoms with van der Waals surface area (Å²) in [5.41, 5.74) is 5.03. The minimum atomic E-state index is -3.47. The molecule has 35 heavy (non-hydrogen) atoms. The summed E-state index contributed by atoms with van der Waals surface area (Å²) < 4.78 is 31.6. The van der Waals surface area contributed by atoms with Gasteiger partial charge in [-0.1, -0.05) is 55.5 Å². The highest BCUT2D eigenvalue weighted by atomic mass is 32.2. The molecular formula is C28H32N2O4S. The molecule has 0 radical (unpaired) electrons. The predicted octanol–water partition coefficient (Wildman–Crippen LogP) is 5.53. The van der Waals surface area contributed by atoms with Crippen molar-refractivity contribution in [2.45, 2.75) is 42.9 Å². The maximum Gasteiger partial charge on any atom is 0.321 e. The molecule has 1 aliphatic heterocycles. The zero-order valence-electron chi connectivity index (χ0n) is 20.2. The number of amides is 2. The van der Waals surface area contributed by atoms with Crippen molar-refractivity contribution in [3.8, 4) is 11.1 Å². The molecule has 0 aliphatic carbocycles. The zero-order chi connectivity index (χ0) is 24.8. The normalized spacial score (nSPS) is 14.6. The molecule has 4 rings (SSSR count). The maximum absolute atomic E-state index is 13.2. The Labute approximate surface area is 207 Å². The number of likely N-dealkylation sites (tertiary alicyclic amines) is 1. The molecule has 0 saturated carbocycles. The first-order chi connectivity index (χ1) is 16.9. The summed E-state index contributed by atoms with van der Waals surface area (Å²) in [5.74, 6) is 0. The summed E-state index contributed by atoms with van der Waals surface area (Å²) >= 11 is 0. The van der Waals surface area contributed by atoms with Crippen LogP contribution in [-0.2, 0) is 27.6 Å². The summed E-state index contributed by atoms with van der Waals surface area (Å²) in [5, 5.41) is 2.42. The molecular weight excluding hydrogens is 460 g/mol. The third-order valence-electron chi connectivity index (χ3n) is 6.56. The summed E-state index contributed by atoms with van der Waals surface area (Å²) in [7, 11) is -1.80. The zero-order valence-corrected chi connectivity index (χ0v) is 21.1. The van der Waals surface area contributed by atoms with Crippen LogP contribution >= 0.6 is 0 Å². The predicted molar refractivity (Wildman–Crippen MR) is 139 cm³/mol. The Morgan fingerprint density at radius 2 is 1.43 bits per heavy atom.